The van der Waals surface area contributed by atoms with Crippen molar-refractivity contribution in [3.63, 3.8) is 0 Å². The first-order valence-corrected chi connectivity index (χ1v) is 9.72. The van der Waals surface area contributed by atoms with Gasteiger partial charge in [0.25, 0.3) is 0 Å². The number of hydrogen-bond donors (Lipinski definition) is 2. The van der Waals surface area contributed by atoms with Crippen LogP contribution in [-0.4, -0.2) is 43.9 Å². The molecule has 3 rings (SSSR count). The average molecular weight is 352 g/mol. The van der Waals surface area contributed by atoms with Crippen molar-refractivity contribution in [2.75, 3.05) is 5.75 Å². The van der Waals surface area contributed by atoms with Gasteiger partial charge in [0.1, 0.15) is 0 Å². The third-order valence-electron chi connectivity index (χ3n) is 4.64. The van der Waals surface area contributed by atoms with E-state index >= 15 is 0 Å². The summed E-state index contributed by atoms with van der Waals surface area (Å²) in [5.74, 6) is 0.285. The summed E-state index contributed by atoms with van der Waals surface area (Å²) in [6.45, 7) is 0. The number of imide groups is 1. The van der Waals surface area contributed by atoms with E-state index in [0.29, 0.717) is 11.8 Å². The summed E-state index contributed by atoms with van der Waals surface area (Å²) in [6.07, 6.45) is 9.21. The van der Waals surface area contributed by atoms with Crippen LogP contribution in [0.1, 0.15) is 63.8 Å². The molecule has 1 heterocycles. The molecule has 2 fully saturated rings. The number of urea groups is 1. The van der Waals surface area contributed by atoms with E-state index in [1.165, 1.54) is 24.6 Å². The maximum atomic E-state index is 11.9. The molecule has 132 valence electrons. The quantitative estimate of drug-likeness (QED) is 0.760. The fourth-order valence-corrected chi connectivity index (χ4v) is 4.26. The number of carbonyl (C=O) groups excluding carboxylic acids is 2. The van der Waals surface area contributed by atoms with Crippen LogP contribution in [-0.2, 0) is 4.79 Å². The lowest BCUT2D eigenvalue weighted by atomic mass is 10.2. The maximum absolute atomic E-state index is 11.9. The molecular weight excluding hydrogens is 328 g/mol. The monoisotopic (exact) mass is 352 g/mol. The molecule has 0 bridgehead atoms. The fraction of sp³-hybridized carbons (Fsp3) is 0.800. The van der Waals surface area contributed by atoms with Crippen LogP contribution < -0.4 is 10.6 Å². The van der Waals surface area contributed by atoms with Gasteiger partial charge in [-0.1, -0.05) is 37.4 Å². The molecule has 2 saturated carbocycles. The molecule has 0 aliphatic heterocycles. The van der Waals surface area contributed by atoms with Crippen molar-refractivity contribution in [3.05, 3.63) is 0 Å². The lowest BCUT2D eigenvalue weighted by Gasteiger charge is -2.12. The van der Waals surface area contributed by atoms with Gasteiger partial charge < -0.3 is 5.32 Å². The molecule has 8 nitrogen and oxygen atoms in total. The highest BCUT2D eigenvalue weighted by Gasteiger charge is 2.22. The Hall–Kier alpha value is -1.64. The van der Waals surface area contributed by atoms with Crippen LogP contribution in [0.4, 0.5) is 4.79 Å². The number of nitrogens with one attached hydrogen (secondary N) is 2. The lowest BCUT2D eigenvalue weighted by Crippen LogP contribution is -2.43. The average Bonchev–Trinajstić information content (AvgIpc) is 3.29. The van der Waals surface area contributed by atoms with E-state index in [-0.39, 0.29) is 24.4 Å². The van der Waals surface area contributed by atoms with Gasteiger partial charge in [-0.15, -0.1) is 5.10 Å². The van der Waals surface area contributed by atoms with Gasteiger partial charge in [-0.3, -0.25) is 10.1 Å². The second-order valence-corrected chi connectivity index (χ2v) is 7.51. The number of nitrogens with zero attached hydrogens (tertiary/aromatic N) is 4. The van der Waals surface area contributed by atoms with Gasteiger partial charge in [0.05, 0.1) is 6.04 Å². The molecule has 9 heteroatoms. The van der Waals surface area contributed by atoms with E-state index in [0.717, 1.165) is 43.7 Å². The largest absolute Gasteiger partial charge is 0.335 e. The highest BCUT2D eigenvalue weighted by molar-refractivity contribution is 7.99. The molecule has 0 aromatic carbocycles. The summed E-state index contributed by atoms with van der Waals surface area (Å²) in [5.41, 5.74) is 0. The summed E-state index contributed by atoms with van der Waals surface area (Å²) < 4.78 is 1.88. The number of carbonyl (C=O) groups is 2. The Labute approximate surface area is 145 Å². The van der Waals surface area contributed by atoms with E-state index in [1.807, 2.05) is 4.68 Å². The third-order valence-corrected chi connectivity index (χ3v) is 5.57. The van der Waals surface area contributed by atoms with Gasteiger partial charge in [-0.2, -0.15) is 0 Å². The summed E-state index contributed by atoms with van der Waals surface area (Å²) in [7, 11) is 0. The van der Waals surface area contributed by atoms with Crippen molar-refractivity contribution in [3.8, 4) is 0 Å². The minimum absolute atomic E-state index is 0.211. The first-order valence-electron chi connectivity index (χ1n) is 8.73. The molecule has 2 N–H and O–H groups in total. The van der Waals surface area contributed by atoms with Crippen molar-refractivity contribution in [1.29, 1.82) is 0 Å². The molecule has 0 atom stereocenters. The molecule has 1 aromatic heterocycles. The molecular formula is C15H24N6O2S. The molecule has 1 aromatic rings. The van der Waals surface area contributed by atoms with Crippen LogP contribution in [0.3, 0.4) is 0 Å². The van der Waals surface area contributed by atoms with E-state index in [2.05, 4.69) is 26.2 Å². The molecule has 0 unspecified atom stereocenters. The van der Waals surface area contributed by atoms with E-state index in [9.17, 15) is 9.59 Å². The van der Waals surface area contributed by atoms with Gasteiger partial charge >= 0.3 is 6.03 Å². The third kappa shape index (κ3) is 4.68. The van der Waals surface area contributed by atoms with Crippen LogP contribution in [0.2, 0.25) is 0 Å². The number of aromatic nitrogens is 4. The van der Waals surface area contributed by atoms with Gasteiger partial charge in [-0.25, -0.2) is 9.48 Å². The number of rotatable bonds is 6. The number of tetrazole rings is 1. The SMILES string of the molecule is O=C(CCSc1nnnn1C1CCCC1)NC(=O)NC1CCCC1. The Bertz CT molecular complexity index is 566. The predicted molar refractivity (Wildman–Crippen MR) is 89.6 cm³/mol. The Morgan fingerprint density at radius 3 is 2.58 bits per heavy atom. The minimum Gasteiger partial charge on any atom is -0.335 e. The van der Waals surface area contributed by atoms with Gasteiger partial charge in [0.2, 0.25) is 11.1 Å². The standard InChI is InChI=1S/C15H24N6O2S/c22-13(17-14(23)16-11-5-1-2-6-11)9-10-24-15-18-19-20-21(15)12-7-3-4-8-12/h11-12H,1-10H2,(H2,16,17,22,23). The molecule has 2 aliphatic carbocycles. The highest BCUT2D eigenvalue weighted by Crippen LogP contribution is 2.31. The Morgan fingerprint density at radius 1 is 1.12 bits per heavy atom. The van der Waals surface area contributed by atoms with E-state index in [4.69, 9.17) is 0 Å². The normalized spacial score (nSPS) is 18.8. The first kappa shape index (κ1) is 17.2. The van der Waals surface area contributed by atoms with E-state index < -0.39 is 0 Å². The lowest BCUT2D eigenvalue weighted by molar-refractivity contribution is -0.119. The van der Waals surface area contributed by atoms with Crippen LogP contribution in [0.5, 0.6) is 0 Å². The molecule has 2 aliphatic rings. The second-order valence-electron chi connectivity index (χ2n) is 6.45. The second kappa shape index (κ2) is 8.46. The Morgan fingerprint density at radius 2 is 1.83 bits per heavy atom. The minimum atomic E-state index is -0.382. The van der Waals surface area contributed by atoms with Crippen molar-refractivity contribution < 1.29 is 9.59 Å². The number of hydrogen-bond acceptors (Lipinski definition) is 6. The van der Waals surface area contributed by atoms with Crippen molar-refractivity contribution >= 4 is 23.7 Å². The van der Waals surface area contributed by atoms with Gasteiger partial charge in [0, 0.05) is 18.2 Å². The highest BCUT2D eigenvalue weighted by atomic mass is 32.2. The van der Waals surface area contributed by atoms with Crippen molar-refractivity contribution in [2.45, 2.75) is 75.0 Å². The number of thioether (sulfide) groups is 1. The first-order chi connectivity index (χ1) is 11.7. The van der Waals surface area contributed by atoms with Crippen LogP contribution in [0, 0.1) is 0 Å². The van der Waals surface area contributed by atoms with Crippen molar-refractivity contribution in [2.24, 2.45) is 0 Å². The van der Waals surface area contributed by atoms with Gasteiger partial charge in [0.15, 0.2) is 0 Å². The Kier molecular flexibility index (Phi) is 6.06. The van der Waals surface area contributed by atoms with Gasteiger partial charge in [-0.05, 0) is 36.1 Å². The molecule has 0 saturated heterocycles. The Balaban J connectivity index is 1.37. The van der Waals surface area contributed by atoms with Crippen molar-refractivity contribution in [1.82, 2.24) is 30.8 Å². The van der Waals surface area contributed by atoms with Crippen LogP contribution >= 0.6 is 11.8 Å². The maximum Gasteiger partial charge on any atom is 0.321 e. The topological polar surface area (TPSA) is 102 Å². The summed E-state index contributed by atoms with van der Waals surface area (Å²) >= 11 is 1.46. The fourth-order valence-electron chi connectivity index (χ4n) is 3.37. The smallest absolute Gasteiger partial charge is 0.321 e. The molecule has 0 spiro atoms. The van der Waals surface area contributed by atoms with E-state index in [1.54, 1.807) is 0 Å². The molecule has 0 radical (unpaired) electrons. The molecule has 24 heavy (non-hydrogen) atoms. The predicted octanol–water partition coefficient (Wildman–Crippen LogP) is 2.04. The summed E-state index contributed by atoms with van der Waals surface area (Å²) in [6, 6.07) is 0.212. The number of amides is 3. The van der Waals surface area contributed by atoms with Crippen LogP contribution in [0.25, 0.3) is 0 Å². The summed E-state index contributed by atoms with van der Waals surface area (Å²) in [5, 5.41) is 17.9. The zero-order valence-corrected chi connectivity index (χ0v) is 14.6. The zero-order valence-electron chi connectivity index (χ0n) is 13.7. The summed E-state index contributed by atoms with van der Waals surface area (Å²) in [4.78, 5) is 23.6. The van der Waals surface area contributed by atoms with Crippen LogP contribution in [0.15, 0.2) is 5.16 Å². The zero-order chi connectivity index (χ0) is 16.8. The molecule has 3 amide bonds.